The number of carbonyl (C=O) groups is 3. The fraction of sp³-hybridized carbons (Fsp3) is 0.471. The van der Waals surface area contributed by atoms with Gasteiger partial charge in [-0.1, -0.05) is 18.7 Å². The minimum atomic E-state index is -0.523. The number of hydrogen-bond acceptors (Lipinski definition) is 6. The number of carbonyl (C=O) groups excluding carboxylic acids is 3. The highest BCUT2D eigenvalue weighted by molar-refractivity contribution is 8.15. The standard InChI is InChI=1S/C17H18N4O3S2/c1-2-11(26-17-19-13(22)7-14(23)20-17)15(24)21-16-10(8-18)9-5-3-4-6-12(9)25-16/h11H,2-7H2,1H3,(H,21,24)(H,19,20,22,23). The minimum absolute atomic E-state index is 0.152. The molecular formula is C17H18N4O3S2. The van der Waals surface area contributed by atoms with Gasteiger partial charge in [0.05, 0.1) is 10.8 Å². The topological polar surface area (TPSA) is 111 Å². The van der Waals surface area contributed by atoms with E-state index in [9.17, 15) is 19.6 Å². The molecule has 1 atom stereocenters. The Hall–Kier alpha value is -2.18. The highest BCUT2D eigenvalue weighted by atomic mass is 32.2. The highest BCUT2D eigenvalue weighted by Gasteiger charge is 2.27. The lowest BCUT2D eigenvalue weighted by atomic mass is 9.96. The Labute approximate surface area is 159 Å². The van der Waals surface area contributed by atoms with Crippen LogP contribution in [0.25, 0.3) is 0 Å². The van der Waals surface area contributed by atoms with Crippen LogP contribution in [0.1, 0.15) is 48.6 Å². The molecular weight excluding hydrogens is 372 g/mol. The summed E-state index contributed by atoms with van der Waals surface area (Å²) >= 11 is 2.53. The van der Waals surface area contributed by atoms with Crippen molar-refractivity contribution in [2.45, 2.75) is 50.7 Å². The number of nitrogens with zero attached hydrogens (tertiary/aromatic N) is 2. The average molecular weight is 390 g/mol. The number of aryl methyl sites for hydroxylation is 1. The van der Waals surface area contributed by atoms with Crippen molar-refractivity contribution in [2.24, 2.45) is 4.99 Å². The van der Waals surface area contributed by atoms with Crippen molar-refractivity contribution >= 4 is 51.0 Å². The Bertz CT molecular complexity index is 838. The maximum absolute atomic E-state index is 12.7. The zero-order chi connectivity index (χ0) is 18.7. The molecule has 0 bridgehead atoms. The van der Waals surface area contributed by atoms with Gasteiger partial charge in [-0.3, -0.25) is 14.4 Å². The number of fused-ring (bicyclic) bond motifs is 1. The molecule has 9 heteroatoms. The molecule has 3 rings (SSSR count). The number of aliphatic imine (C=N–C) groups is 1. The van der Waals surface area contributed by atoms with Crippen LogP contribution in [0.15, 0.2) is 4.99 Å². The van der Waals surface area contributed by atoms with E-state index in [1.165, 1.54) is 16.2 Å². The normalized spacial score (nSPS) is 17.6. The van der Waals surface area contributed by atoms with Crippen LogP contribution in [-0.4, -0.2) is 28.1 Å². The zero-order valence-corrected chi connectivity index (χ0v) is 15.9. The summed E-state index contributed by atoms with van der Waals surface area (Å²) in [4.78, 5) is 40.5. The van der Waals surface area contributed by atoms with Crippen molar-refractivity contribution in [3.05, 3.63) is 16.0 Å². The maximum atomic E-state index is 12.7. The molecule has 1 aliphatic carbocycles. The second kappa shape index (κ2) is 8.01. The van der Waals surface area contributed by atoms with Gasteiger partial charge < -0.3 is 10.6 Å². The van der Waals surface area contributed by atoms with Gasteiger partial charge in [-0.25, -0.2) is 0 Å². The Morgan fingerprint density at radius 3 is 2.88 bits per heavy atom. The van der Waals surface area contributed by atoms with Gasteiger partial charge in [0.15, 0.2) is 5.17 Å². The van der Waals surface area contributed by atoms with E-state index < -0.39 is 17.1 Å². The molecule has 0 fully saturated rings. The smallest absolute Gasteiger partial charge is 0.257 e. The molecule has 0 spiro atoms. The van der Waals surface area contributed by atoms with Gasteiger partial charge in [-0.2, -0.15) is 10.3 Å². The zero-order valence-electron chi connectivity index (χ0n) is 14.3. The summed E-state index contributed by atoms with van der Waals surface area (Å²) in [6, 6.07) is 2.22. The third-order valence-electron chi connectivity index (χ3n) is 4.22. The van der Waals surface area contributed by atoms with Crippen molar-refractivity contribution in [3.8, 4) is 6.07 Å². The second-order valence-electron chi connectivity index (χ2n) is 6.07. The van der Waals surface area contributed by atoms with Crippen molar-refractivity contribution in [3.63, 3.8) is 0 Å². The number of amides is 3. The van der Waals surface area contributed by atoms with Crippen LogP contribution in [0.2, 0.25) is 0 Å². The Kier molecular flexibility index (Phi) is 5.74. The van der Waals surface area contributed by atoms with Gasteiger partial charge in [0, 0.05) is 4.88 Å². The van der Waals surface area contributed by atoms with E-state index in [0.29, 0.717) is 17.0 Å². The van der Waals surface area contributed by atoms with Gasteiger partial charge in [-0.15, -0.1) is 11.3 Å². The summed E-state index contributed by atoms with van der Waals surface area (Å²) in [5, 5.41) is 15.1. The molecule has 1 aromatic rings. The van der Waals surface area contributed by atoms with Crippen molar-refractivity contribution in [2.75, 3.05) is 5.32 Å². The molecule has 0 saturated heterocycles. The van der Waals surface area contributed by atoms with Gasteiger partial charge in [0.1, 0.15) is 17.5 Å². The molecule has 0 saturated carbocycles. The molecule has 136 valence electrons. The molecule has 0 radical (unpaired) electrons. The third kappa shape index (κ3) is 3.97. The molecule has 7 nitrogen and oxygen atoms in total. The van der Waals surface area contributed by atoms with Gasteiger partial charge in [0.25, 0.3) is 5.91 Å². The molecule has 26 heavy (non-hydrogen) atoms. The fourth-order valence-electron chi connectivity index (χ4n) is 2.96. The first-order valence-corrected chi connectivity index (χ1v) is 10.1. The maximum Gasteiger partial charge on any atom is 0.257 e. The first-order chi connectivity index (χ1) is 12.5. The van der Waals surface area contributed by atoms with Crippen LogP contribution in [0.3, 0.4) is 0 Å². The van der Waals surface area contributed by atoms with Gasteiger partial charge >= 0.3 is 0 Å². The molecule has 0 aromatic carbocycles. The predicted octanol–water partition coefficient (Wildman–Crippen LogP) is 2.35. The van der Waals surface area contributed by atoms with E-state index in [1.807, 2.05) is 6.92 Å². The van der Waals surface area contributed by atoms with E-state index in [0.717, 1.165) is 43.0 Å². The second-order valence-corrected chi connectivity index (χ2v) is 8.36. The number of nitriles is 1. The number of thioether (sulfide) groups is 1. The van der Waals surface area contributed by atoms with Crippen LogP contribution in [0.5, 0.6) is 0 Å². The molecule has 1 aliphatic heterocycles. The first kappa shape index (κ1) is 18.6. The van der Waals surface area contributed by atoms with Crippen molar-refractivity contribution in [1.82, 2.24) is 5.32 Å². The summed E-state index contributed by atoms with van der Waals surface area (Å²) in [6.45, 7) is 1.84. The van der Waals surface area contributed by atoms with Crippen molar-refractivity contribution < 1.29 is 14.4 Å². The largest absolute Gasteiger partial charge is 0.316 e. The lowest BCUT2D eigenvalue weighted by molar-refractivity contribution is -0.127. The lowest BCUT2D eigenvalue weighted by Gasteiger charge is -2.17. The lowest BCUT2D eigenvalue weighted by Crippen LogP contribution is -2.37. The molecule has 3 amide bonds. The molecule has 1 unspecified atom stereocenters. The van der Waals surface area contributed by atoms with Crippen LogP contribution in [-0.2, 0) is 27.2 Å². The SMILES string of the molecule is CCC(SC1=NC(=O)CC(=O)N1)C(=O)Nc1sc2c(c1C#N)CCCC2. The van der Waals surface area contributed by atoms with E-state index in [2.05, 4.69) is 21.7 Å². The third-order valence-corrected chi connectivity index (χ3v) is 6.68. The highest BCUT2D eigenvalue weighted by Crippen LogP contribution is 2.38. The quantitative estimate of drug-likeness (QED) is 0.767. The van der Waals surface area contributed by atoms with E-state index in [1.54, 1.807) is 0 Å². The summed E-state index contributed by atoms with van der Waals surface area (Å²) in [5.74, 6) is -1.19. The number of thiophene rings is 1. The molecule has 2 heterocycles. The summed E-state index contributed by atoms with van der Waals surface area (Å²) in [7, 11) is 0. The molecule has 1 aromatic heterocycles. The monoisotopic (exact) mass is 390 g/mol. The van der Waals surface area contributed by atoms with Crippen LogP contribution < -0.4 is 10.6 Å². The fourth-order valence-corrected chi connectivity index (χ4v) is 5.13. The van der Waals surface area contributed by atoms with E-state index in [-0.39, 0.29) is 17.5 Å². The van der Waals surface area contributed by atoms with Crippen molar-refractivity contribution in [1.29, 1.82) is 5.26 Å². The Morgan fingerprint density at radius 1 is 1.42 bits per heavy atom. The van der Waals surface area contributed by atoms with Gasteiger partial charge in [-0.05, 0) is 37.7 Å². The minimum Gasteiger partial charge on any atom is -0.316 e. The first-order valence-electron chi connectivity index (χ1n) is 8.45. The van der Waals surface area contributed by atoms with E-state index >= 15 is 0 Å². The molecule has 2 aliphatic rings. The number of anilines is 1. The Morgan fingerprint density at radius 2 is 2.19 bits per heavy atom. The average Bonchev–Trinajstić information content (AvgIpc) is 2.95. The molecule has 2 N–H and O–H groups in total. The number of hydrogen-bond donors (Lipinski definition) is 2. The van der Waals surface area contributed by atoms with Crippen LogP contribution in [0, 0.1) is 11.3 Å². The summed E-state index contributed by atoms with van der Waals surface area (Å²) in [5.41, 5.74) is 1.63. The number of amidine groups is 1. The Balaban J connectivity index is 1.74. The van der Waals surface area contributed by atoms with E-state index in [4.69, 9.17) is 0 Å². The summed E-state index contributed by atoms with van der Waals surface area (Å²) < 4.78 is 0. The van der Waals surface area contributed by atoms with Crippen LogP contribution in [0.4, 0.5) is 5.00 Å². The number of nitrogens with one attached hydrogen (secondary N) is 2. The number of rotatable bonds is 4. The predicted molar refractivity (Wildman–Crippen MR) is 101 cm³/mol. The van der Waals surface area contributed by atoms with Crippen LogP contribution >= 0.6 is 23.1 Å². The summed E-state index contributed by atoms with van der Waals surface area (Å²) in [6.07, 6.45) is 4.22. The van der Waals surface area contributed by atoms with Gasteiger partial charge in [0.2, 0.25) is 11.8 Å².